The van der Waals surface area contributed by atoms with E-state index in [-0.39, 0.29) is 0 Å². The third-order valence-corrected chi connectivity index (χ3v) is 3.59. The first-order chi connectivity index (χ1) is 10.8. The molecule has 1 unspecified atom stereocenters. The molecule has 0 aliphatic heterocycles. The van der Waals surface area contributed by atoms with E-state index in [1.54, 1.807) is 10.9 Å². The van der Waals surface area contributed by atoms with E-state index in [0.717, 1.165) is 37.7 Å². The number of rotatable bonds is 9. The van der Waals surface area contributed by atoms with Gasteiger partial charge >= 0.3 is 0 Å². The van der Waals surface area contributed by atoms with Gasteiger partial charge in [-0.3, -0.25) is 0 Å². The van der Waals surface area contributed by atoms with Gasteiger partial charge in [0.1, 0.15) is 11.9 Å². The number of halogens is 1. The second-order valence-corrected chi connectivity index (χ2v) is 5.45. The number of benzene rings is 1. The molecule has 1 aromatic carbocycles. The van der Waals surface area contributed by atoms with Gasteiger partial charge in [-0.1, -0.05) is 54.8 Å². The summed E-state index contributed by atoms with van der Waals surface area (Å²) in [6.45, 7) is 0.618. The van der Waals surface area contributed by atoms with E-state index >= 15 is 0 Å². The van der Waals surface area contributed by atoms with Gasteiger partial charge in [0.2, 0.25) is 0 Å². The minimum atomic E-state index is -1.03. The van der Waals surface area contributed by atoms with Crippen LogP contribution in [0, 0.1) is 12.3 Å². The van der Waals surface area contributed by atoms with Crippen molar-refractivity contribution in [2.24, 2.45) is 0 Å². The molecule has 2 rings (SSSR count). The summed E-state index contributed by atoms with van der Waals surface area (Å²) in [7, 11) is 0. The lowest BCUT2D eigenvalue weighted by Crippen LogP contribution is -1.99. The van der Waals surface area contributed by atoms with E-state index in [1.165, 1.54) is 0 Å². The molecule has 0 aliphatic carbocycles. The third kappa shape index (κ3) is 5.33. The smallest absolute Gasteiger partial charge is 0.145 e. The highest BCUT2D eigenvalue weighted by atomic mass is 19.1. The highest BCUT2D eigenvalue weighted by Gasteiger charge is 2.13. The summed E-state index contributed by atoms with van der Waals surface area (Å²) in [5, 5.41) is 7.96. The molecule has 22 heavy (non-hydrogen) atoms. The number of hydrogen-bond donors (Lipinski definition) is 0. The molecule has 1 heterocycles. The second-order valence-electron chi connectivity index (χ2n) is 5.45. The normalized spacial score (nSPS) is 12.0. The van der Waals surface area contributed by atoms with Gasteiger partial charge in [-0.25, -0.2) is 9.07 Å². The molecule has 0 N–H and O–H groups in total. The number of unbranched alkanes of at least 4 members (excludes halogenated alkanes) is 4. The van der Waals surface area contributed by atoms with E-state index in [9.17, 15) is 4.39 Å². The van der Waals surface area contributed by atoms with Crippen LogP contribution in [-0.2, 0) is 6.54 Å². The van der Waals surface area contributed by atoms with Crippen LogP contribution in [-0.4, -0.2) is 15.0 Å². The van der Waals surface area contributed by atoms with E-state index in [1.807, 2.05) is 30.3 Å². The second kappa shape index (κ2) is 8.99. The van der Waals surface area contributed by atoms with E-state index in [0.29, 0.717) is 18.7 Å². The maximum atomic E-state index is 14.1. The predicted molar refractivity (Wildman–Crippen MR) is 86.0 cm³/mol. The van der Waals surface area contributed by atoms with Crippen molar-refractivity contribution >= 4 is 0 Å². The van der Waals surface area contributed by atoms with Crippen LogP contribution in [0.15, 0.2) is 36.5 Å². The topological polar surface area (TPSA) is 30.7 Å². The lowest BCUT2D eigenvalue weighted by molar-refractivity contribution is 0.305. The molecule has 0 aliphatic rings. The van der Waals surface area contributed by atoms with Crippen molar-refractivity contribution in [3.63, 3.8) is 0 Å². The molecule has 4 heteroatoms. The molecule has 1 atom stereocenters. The Kier molecular flexibility index (Phi) is 6.63. The molecular weight excluding hydrogens is 277 g/mol. The van der Waals surface area contributed by atoms with Crippen molar-refractivity contribution in [2.75, 3.05) is 0 Å². The van der Waals surface area contributed by atoms with Gasteiger partial charge < -0.3 is 0 Å². The molecular formula is C18H22FN3. The number of nitrogens with zero attached hydrogens (tertiary/aromatic N) is 3. The van der Waals surface area contributed by atoms with Crippen molar-refractivity contribution in [3.05, 3.63) is 47.8 Å². The van der Waals surface area contributed by atoms with Gasteiger partial charge in [-0.15, -0.1) is 17.4 Å². The molecule has 116 valence electrons. The van der Waals surface area contributed by atoms with Crippen molar-refractivity contribution < 1.29 is 4.39 Å². The van der Waals surface area contributed by atoms with Crippen molar-refractivity contribution in [1.82, 2.24) is 15.0 Å². The quantitative estimate of drug-likeness (QED) is 0.510. The zero-order valence-electron chi connectivity index (χ0n) is 12.8. The number of alkyl halides is 1. The summed E-state index contributed by atoms with van der Waals surface area (Å²) < 4.78 is 15.8. The van der Waals surface area contributed by atoms with E-state index < -0.39 is 6.17 Å². The lowest BCUT2D eigenvalue weighted by Gasteiger charge is -2.04. The molecule has 0 saturated carbocycles. The molecule has 1 aromatic heterocycles. The van der Waals surface area contributed by atoms with Crippen LogP contribution in [0.3, 0.4) is 0 Å². The zero-order valence-corrected chi connectivity index (χ0v) is 12.8. The summed E-state index contributed by atoms with van der Waals surface area (Å²) in [6.07, 6.45) is 11.2. The first-order valence-corrected chi connectivity index (χ1v) is 7.81. The molecule has 0 fully saturated rings. The summed E-state index contributed by atoms with van der Waals surface area (Å²) in [5.41, 5.74) is 1.56. The number of terminal acetylenes is 1. The fraction of sp³-hybridized carbons (Fsp3) is 0.444. The Hall–Kier alpha value is -2.15. The SMILES string of the molecule is C#CCCCCCCC(F)c1cn(Cc2ccccc2)nn1. The summed E-state index contributed by atoms with van der Waals surface area (Å²) >= 11 is 0. The first-order valence-electron chi connectivity index (χ1n) is 7.81. The lowest BCUT2D eigenvalue weighted by atomic mass is 10.1. The van der Waals surface area contributed by atoms with Gasteiger partial charge in [0.25, 0.3) is 0 Å². The highest BCUT2D eigenvalue weighted by Crippen LogP contribution is 2.22. The Morgan fingerprint density at radius 2 is 1.91 bits per heavy atom. The van der Waals surface area contributed by atoms with Gasteiger partial charge in [-0.05, 0) is 18.4 Å². The summed E-state index contributed by atoms with van der Waals surface area (Å²) in [6, 6.07) is 9.96. The maximum Gasteiger partial charge on any atom is 0.145 e. The van der Waals surface area contributed by atoms with Gasteiger partial charge in [-0.2, -0.15) is 0 Å². The molecule has 0 bridgehead atoms. The largest absolute Gasteiger partial charge is 0.248 e. The standard InChI is InChI=1S/C18H22FN3/c1-2-3-4-5-6-10-13-17(19)18-15-22(21-20-18)14-16-11-8-7-9-12-16/h1,7-9,11-12,15,17H,3-6,10,13-14H2. The van der Waals surface area contributed by atoms with Crippen molar-refractivity contribution in [2.45, 2.75) is 51.2 Å². The van der Waals surface area contributed by atoms with Crippen LogP contribution >= 0.6 is 0 Å². The van der Waals surface area contributed by atoms with Crippen LogP contribution in [0.2, 0.25) is 0 Å². The monoisotopic (exact) mass is 299 g/mol. The van der Waals surface area contributed by atoms with Crippen molar-refractivity contribution in [3.8, 4) is 12.3 Å². The van der Waals surface area contributed by atoms with Crippen LogP contribution in [0.5, 0.6) is 0 Å². The van der Waals surface area contributed by atoms with Gasteiger partial charge in [0.15, 0.2) is 0 Å². The van der Waals surface area contributed by atoms with Gasteiger partial charge in [0, 0.05) is 6.42 Å². The summed E-state index contributed by atoms with van der Waals surface area (Å²) in [5.74, 6) is 2.62. The molecule has 0 radical (unpaired) electrons. The average molecular weight is 299 g/mol. The van der Waals surface area contributed by atoms with E-state index in [4.69, 9.17) is 6.42 Å². The van der Waals surface area contributed by atoms with Gasteiger partial charge in [0.05, 0.1) is 12.7 Å². The summed E-state index contributed by atoms with van der Waals surface area (Å²) in [4.78, 5) is 0. The minimum absolute atomic E-state index is 0.430. The van der Waals surface area contributed by atoms with Crippen molar-refractivity contribution in [1.29, 1.82) is 0 Å². The number of aromatic nitrogens is 3. The molecule has 0 amide bonds. The molecule has 3 nitrogen and oxygen atoms in total. The Labute approximate surface area is 131 Å². The highest BCUT2D eigenvalue weighted by molar-refractivity contribution is 5.15. The zero-order chi connectivity index (χ0) is 15.6. The third-order valence-electron chi connectivity index (χ3n) is 3.59. The van der Waals surface area contributed by atoms with E-state index in [2.05, 4.69) is 16.2 Å². The van der Waals surface area contributed by atoms with Crippen LogP contribution in [0.25, 0.3) is 0 Å². The Morgan fingerprint density at radius 3 is 2.68 bits per heavy atom. The Balaban J connectivity index is 1.74. The fourth-order valence-electron chi connectivity index (χ4n) is 2.36. The first kappa shape index (κ1) is 16.2. The molecule has 2 aromatic rings. The maximum absolute atomic E-state index is 14.1. The van der Waals surface area contributed by atoms with Crippen LogP contribution in [0.4, 0.5) is 4.39 Å². The Morgan fingerprint density at radius 1 is 1.14 bits per heavy atom. The van der Waals surface area contributed by atoms with Crippen LogP contribution in [0.1, 0.15) is 56.0 Å². The fourth-order valence-corrected chi connectivity index (χ4v) is 2.36. The minimum Gasteiger partial charge on any atom is -0.248 e. The number of hydrogen-bond acceptors (Lipinski definition) is 2. The average Bonchev–Trinajstić information content (AvgIpc) is 3.00. The Bertz CT molecular complexity index is 586. The predicted octanol–water partition coefficient (Wildman–Crippen LogP) is 4.31. The molecule has 0 spiro atoms. The molecule has 0 saturated heterocycles. The van der Waals surface area contributed by atoms with Crippen LogP contribution < -0.4 is 0 Å².